The number of fused-ring (bicyclic) bond motifs is 2. The number of carbonyl (C=O) groups excluding carboxylic acids is 1. The van der Waals surface area contributed by atoms with Crippen molar-refractivity contribution in [2.24, 2.45) is 0 Å². The van der Waals surface area contributed by atoms with E-state index in [-0.39, 0.29) is 5.91 Å². The van der Waals surface area contributed by atoms with Gasteiger partial charge in [-0.2, -0.15) is 0 Å². The van der Waals surface area contributed by atoms with Gasteiger partial charge in [-0.05, 0) is 35.7 Å². The number of ether oxygens (including phenoxy) is 2. The molecule has 1 amide bonds. The van der Waals surface area contributed by atoms with Gasteiger partial charge in [0.1, 0.15) is 5.75 Å². The van der Waals surface area contributed by atoms with Crippen LogP contribution in [-0.2, 0) is 11.2 Å². The predicted octanol–water partition coefficient (Wildman–Crippen LogP) is 4.88. The molecular formula is C22H18N4O3S3. The van der Waals surface area contributed by atoms with Crippen molar-refractivity contribution in [3.63, 3.8) is 0 Å². The lowest BCUT2D eigenvalue weighted by molar-refractivity contribution is 0.102. The molecule has 1 atom stereocenters. The van der Waals surface area contributed by atoms with Crippen LogP contribution < -0.4 is 10.1 Å². The first-order valence-corrected chi connectivity index (χ1v) is 12.8. The van der Waals surface area contributed by atoms with Crippen molar-refractivity contribution in [3.05, 3.63) is 47.0 Å². The van der Waals surface area contributed by atoms with Crippen LogP contribution in [-0.4, -0.2) is 46.2 Å². The highest BCUT2D eigenvalue weighted by molar-refractivity contribution is 8.01. The maximum absolute atomic E-state index is 13.4. The first-order valence-electron chi connectivity index (χ1n) is 10.3. The van der Waals surface area contributed by atoms with Gasteiger partial charge in [0, 0.05) is 23.8 Å². The fourth-order valence-electron chi connectivity index (χ4n) is 3.96. The Hall–Kier alpha value is -2.53. The van der Waals surface area contributed by atoms with Crippen molar-refractivity contribution in [1.29, 1.82) is 0 Å². The van der Waals surface area contributed by atoms with Crippen LogP contribution in [0.25, 0.3) is 21.3 Å². The summed E-state index contributed by atoms with van der Waals surface area (Å²) in [6, 6.07) is 9.93. The van der Waals surface area contributed by atoms with Crippen LogP contribution in [0.1, 0.15) is 22.3 Å². The topological polar surface area (TPSA) is 86.2 Å². The number of aromatic nitrogens is 3. The van der Waals surface area contributed by atoms with Crippen molar-refractivity contribution in [2.75, 3.05) is 25.1 Å². The Morgan fingerprint density at radius 3 is 3.06 bits per heavy atom. The maximum Gasteiger partial charge on any atom is 0.258 e. The molecule has 2 aromatic carbocycles. The van der Waals surface area contributed by atoms with Crippen LogP contribution >= 0.6 is 34.4 Å². The summed E-state index contributed by atoms with van der Waals surface area (Å²) < 4.78 is 13.1. The molecule has 0 spiro atoms. The SMILES string of the molecule is O=C(Nc1nnc(SC2CCOC2)s1)c1cc2c(cc1-c1cccc3ncsc13)CCO2. The van der Waals surface area contributed by atoms with E-state index in [9.17, 15) is 4.79 Å². The van der Waals surface area contributed by atoms with Crippen molar-refractivity contribution in [1.82, 2.24) is 15.2 Å². The lowest BCUT2D eigenvalue weighted by Crippen LogP contribution is -2.13. The summed E-state index contributed by atoms with van der Waals surface area (Å²) in [6.07, 6.45) is 1.85. The minimum atomic E-state index is -0.225. The molecule has 1 saturated heterocycles. The van der Waals surface area contributed by atoms with Gasteiger partial charge in [-0.15, -0.1) is 21.5 Å². The van der Waals surface area contributed by atoms with E-state index in [0.717, 1.165) is 63.1 Å². The summed E-state index contributed by atoms with van der Waals surface area (Å²) in [5, 5.41) is 12.2. The molecule has 1 fully saturated rings. The Kier molecular flexibility index (Phi) is 5.30. The maximum atomic E-state index is 13.4. The van der Waals surface area contributed by atoms with Gasteiger partial charge in [-0.3, -0.25) is 10.1 Å². The fraction of sp³-hybridized carbons (Fsp3) is 0.273. The zero-order chi connectivity index (χ0) is 21.5. The third kappa shape index (κ3) is 3.77. The van der Waals surface area contributed by atoms with Gasteiger partial charge in [-0.25, -0.2) is 4.98 Å². The van der Waals surface area contributed by atoms with Gasteiger partial charge in [0.25, 0.3) is 5.91 Å². The quantitative estimate of drug-likeness (QED) is 0.406. The number of carbonyl (C=O) groups is 1. The van der Waals surface area contributed by atoms with Crippen LogP contribution in [0.3, 0.4) is 0 Å². The molecule has 0 bridgehead atoms. The van der Waals surface area contributed by atoms with Gasteiger partial charge in [0.05, 0.1) is 34.5 Å². The van der Waals surface area contributed by atoms with Crippen LogP contribution in [0.15, 0.2) is 40.2 Å². The molecule has 10 heteroatoms. The number of benzene rings is 2. The number of thioether (sulfide) groups is 1. The van der Waals surface area contributed by atoms with Crippen LogP contribution in [0, 0.1) is 0 Å². The molecule has 2 aliphatic heterocycles. The second-order valence-corrected chi connectivity index (χ2v) is 10.9. The highest BCUT2D eigenvalue weighted by atomic mass is 32.2. The summed E-state index contributed by atoms with van der Waals surface area (Å²) in [5.41, 5.74) is 6.31. The third-order valence-electron chi connectivity index (χ3n) is 5.50. The molecule has 32 heavy (non-hydrogen) atoms. The lowest BCUT2D eigenvalue weighted by Gasteiger charge is -2.12. The minimum Gasteiger partial charge on any atom is -0.493 e. The standard InChI is InChI=1S/C22H18N4O3S3/c27-20(24-21-25-26-22(32-21)31-13-5-6-28-10-13)16-9-18-12(4-7-29-18)8-15(16)14-2-1-3-17-19(14)30-11-23-17/h1-3,8-9,11,13H,4-7,10H2,(H,24,25,27). The molecule has 4 aromatic rings. The van der Waals surface area contributed by atoms with E-state index in [1.54, 1.807) is 23.1 Å². The first-order chi connectivity index (χ1) is 15.7. The van der Waals surface area contributed by atoms with E-state index in [4.69, 9.17) is 9.47 Å². The molecule has 6 rings (SSSR count). The van der Waals surface area contributed by atoms with Crippen LogP contribution in [0.4, 0.5) is 5.13 Å². The molecule has 0 saturated carbocycles. The average Bonchev–Trinajstić information content (AvgIpc) is 3.60. The monoisotopic (exact) mass is 482 g/mol. The molecule has 4 heterocycles. The summed E-state index contributed by atoms with van der Waals surface area (Å²) >= 11 is 4.62. The number of hydrogen-bond acceptors (Lipinski definition) is 9. The second-order valence-electron chi connectivity index (χ2n) is 7.54. The van der Waals surface area contributed by atoms with Gasteiger partial charge in [0.2, 0.25) is 5.13 Å². The molecule has 1 N–H and O–H groups in total. The predicted molar refractivity (Wildman–Crippen MR) is 127 cm³/mol. The molecular weight excluding hydrogens is 464 g/mol. The summed E-state index contributed by atoms with van der Waals surface area (Å²) in [7, 11) is 0. The smallest absolute Gasteiger partial charge is 0.258 e. The number of amides is 1. The molecule has 2 aromatic heterocycles. The Bertz CT molecular complexity index is 1310. The van der Waals surface area contributed by atoms with Gasteiger partial charge in [0.15, 0.2) is 4.34 Å². The summed E-state index contributed by atoms with van der Waals surface area (Å²) in [6.45, 7) is 2.15. The molecule has 2 aliphatic rings. The van der Waals surface area contributed by atoms with Crippen molar-refractivity contribution < 1.29 is 14.3 Å². The van der Waals surface area contributed by atoms with E-state index in [1.807, 2.05) is 29.8 Å². The Labute approximate surface area is 196 Å². The number of anilines is 1. The molecule has 0 radical (unpaired) electrons. The first kappa shape index (κ1) is 20.1. The molecule has 1 unspecified atom stereocenters. The third-order valence-corrected chi connectivity index (χ3v) is 8.54. The molecule has 162 valence electrons. The number of rotatable bonds is 5. The van der Waals surface area contributed by atoms with E-state index in [0.29, 0.717) is 22.6 Å². The minimum absolute atomic E-state index is 0.225. The highest BCUT2D eigenvalue weighted by Gasteiger charge is 2.24. The van der Waals surface area contributed by atoms with E-state index < -0.39 is 0 Å². The second kappa shape index (κ2) is 8.43. The zero-order valence-corrected chi connectivity index (χ0v) is 19.3. The van der Waals surface area contributed by atoms with Gasteiger partial charge < -0.3 is 9.47 Å². The van der Waals surface area contributed by atoms with E-state index in [2.05, 4.69) is 26.6 Å². The highest BCUT2D eigenvalue weighted by Crippen LogP contribution is 2.39. The fourth-order valence-corrected chi connectivity index (χ4v) is 6.83. The van der Waals surface area contributed by atoms with Crippen molar-refractivity contribution in [3.8, 4) is 16.9 Å². The van der Waals surface area contributed by atoms with Crippen molar-refractivity contribution in [2.45, 2.75) is 22.4 Å². The number of thiazole rings is 1. The molecule has 7 nitrogen and oxygen atoms in total. The van der Waals surface area contributed by atoms with Gasteiger partial charge in [-0.1, -0.05) is 35.2 Å². The Morgan fingerprint density at radius 2 is 2.16 bits per heavy atom. The lowest BCUT2D eigenvalue weighted by atomic mass is 9.95. The summed E-state index contributed by atoms with van der Waals surface area (Å²) in [5.74, 6) is 0.543. The van der Waals surface area contributed by atoms with E-state index >= 15 is 0 Å². The number of nitrogens with zero attached hydrogens (tertiary/aromatic N) is 3. The van der Waals surface area contributed by atoms with Crippen LogP contribution in [0.5, 0.6) is 5.75 Å². The average molecular weight is 483 g/mol. The van der Waals surface area contributed by atoms with Gasteiger partial charge >= 0.3 is 0 Å². The summed E-state index contributed by atoms with van der Waals surface area (Å²) in [4.78, 5) is 17.8. The van der Waals surface area contributed by atoms with E-state index in [1.165, 1.54) is 11.3 Å². The molecule has 0 aliphatic carbocycles. The Balaban J connectivity index is 1.33. The van der Waals surface area contributed by atoms with Crippen molar-refractivity contribution >= 4 is 55.7 Å². The normalized spacial score (nSPS) is 17.4. The largest absolute Gasteiger partial charge is 0.493 e. The number of nitrogens with one attached hydrogen (secondary N) is 1. The zero-order valence-electron chi connectivity index (χ0n) is 16.9. The number of hydrogen-bond donors (Lipinski definition) is 1. The Morgan fingerprint density at radius 1 is 1.19 bits per heavy atom. The van der Waals surface area contributed by atoms with Crippen LogP contribution in [0.2, 0.25) is 0 Å².